The van der Waals surface area contributed by atoms with Crippen LogP contribution in [0.4, 0.5) is 21.0 Å². The van der Waals surface area contributed by atoms with Crippen LogP contribution in [0.15, 0.2) is 18.2 Å². The van der Waals surface area contributed by atoms with Gasteiger partial charge in [0.05, 0.1) is 25.4 Å². The number of carbonyl (C=O) groups excluding carboxylic acids is 2. The van der Waals surface area contributed by atoms with E-state index in [4.69, 9.17) is 9.47 Å². The molecule has 0 aliphatic heterocycles. The molecule has 0 aromatic heterocycles. The molecule has 4 amide bonds. The van der Waals surface area contributed by atoms with Gasteiger partial charge < -0.3 is 41.0 Å². The van der Waals surface area contributed by atoms with Crippen LogP contribution in [0, 0.1) is 18.8 Å². The molecule has 0 unspecified atom stereocenters. The summed E-state index contributed by atoms with van der Waals surface area (Å²) >= 11 is 0. The van der Waals surface area contributed by atoms with Gasteiger partial charge in [0.25, 0.3) is 0 Å². The molecule has 1 aromatic carbocycles. The number of aliphatic hydroxyl groups is 2. The number of urea groups is 2. The molecule has 0 fully saturated rings. The number of anilines is 2. The van der Waals surface area contributed by atoms with Gasteiger partial charge in [-0.3, -0.25) is 0 Å². The van der Waals surface area contributed by atoms with Gasteiger partial charge in [0.1, 0.15) is 0 Å². The van der Waals surface area contributed by atoms with Crippen LogP contribution >= 0.6 is 0 Å². The molecule has 0 bridgehead atoms. The lowest BCUT2D eigenvalue weighted by Crippen LogP contribution is -2.38. The van der Waals surface area contributed by atoms with E-state index in [1.165, 1.54) is 0 Å². The Hall–Kier alpha value is -2.40. The third-order valence-corrected chi connectivity index (χ3v) is 4.26. The van der Waals surface area contributed by atoms with E-state index in [9.17, 15) is 19.8 Å². The van der Waals surface area contributed by atoms with Gasteiger partial charge in [0, 0.05) is 37.7 Å². The van der Waals surface area contributed by atoms with Gasteiger partial charge in [-0.25, -0.2) is 9.59 Å². The Morgan fingerprint density at radius 2 is 1.30 bits per heavy atom. The van der Waals surface area contributed by atoms with Gasteiger partial charge in [-0.05, 0) is 36.5 Å². The summed E-state index contributed by atoms with van der Waals surface area (Å²) in [5, 5.41) is 30.3. The number of carbonyl (C=O) groups is 2. The molecule has 10 heteroatoms. The third kappa shape index (κ3) is 13.7. The van der Waals surface area contributed by atoms with Crippen molar-refractivity contribution in [2.45, 2.75) is 46.8 Å². The SMILES string of the molecule is Cc1ccc(NC(=O)NC[C@@H](O)COCC(C)C)cc1NC(=O)NC[C@H](O)COCC(C)C. The number of rotatable bonds is 14. The van der Waals surface area contributed by atoms with Crippen LogP contribution in [0.3, 0.4) is 0 Å². The van der Waals surface area contributed by atoms with Gasteiger partial charge in [-0.15, -0.1) is 0 Å². The summed E-state index contributed by atoms with van der Waals surface area (Å²) in [6.45, 7) is 11.3. The number of aryl methyl sites for hydroxylation is 1. The summed E-state index contributed by atoms with van der Waals surface area (Å²) in [7, 11) is 0. The van der Waals surface area contributed by atoms with Gasteiger partial charge in [0.2, 0.25) is 0 Å². The standard InChI is InChI=1S/C23H40N4O6/c1-15(2)11-32-13-19(28)9-24-22(30)26-18-7-6-17(5)21(8-18)27-23(31)25-10-20(29)14-33-12-16(3)4/h6-8,15-16,19-20,28-29H,9-14H2,1-5H3,(H2,24,26,30)(H2,25,27,31)/t19-,20+/m1/s1. The van der Waals surface area contributed by atoms with Crippen molar-refractivity contribution in [3.8, 4) is 0 Å². The Morgan fingerprint density at radius 3 is 1.79 bits per heavy atom. The monoisotopic (exact) mass is 468 g/mol. The van der Waals surface area contributed by atoms with Gasteiger partial charge in [-0.1, -0.05) is 33.8 Å². The third-order valence-electron chi connectivity index (χ3n) is 4.26. The smallest absolute Gasteiger partial charge is 0.319 e. The predicted octanol–water partition coefficient (Wildman–Crippen LogP) is 2.31. The Kier molecular flexibility index (Phi) is 13.4. The second kappa shape index (κ2) is 15.4. The summed E-state index contributed by atoms with van der Waals surface area (Å²) in [5.41, 5.74) is 1.79. The van der Waals surface area contributed by atoms with Gasteiger partial charge >= 0.3 is 12.1 Å². The molecule has 0 heterocycles. The van der Waals surface area contributed by atoms with Crippen molar-refractivity contribution in [3.05, 3.63) is 23.8 Å². The zero-order valence-electron chi connectivity index (χ0n) is 20.3. The molecule has 0 spiro atoms. The highest BCUT2D eigenvalue weighted by molar-refractivity contribution is 5.93. The number of hydrogen-bond donors (Lipinski definition) is 6. The number of hydrogen-bond acceptors (Lipinski definition) is 6. The molecular weight excluding hydrogens is 428 g/mol. The number of amides is 4. The van der Waals surface area contributed by atoms with Gasteiger partial charge in [-0.2, -0.15) is 0 Å². The molecule has 2 atom stereocenters. The molecule has 0 aliphatic carbocycles. The van der Waals surface area contributed by atoms with Crippen molar-refractivity contribution in [2.24, 2.45) is 11.8 Å². The average molecular weight is 469 g/mol. The molecule has 33 heavy (non-hydrogen) atoms. The minimum atomic E-state index is -0.807. The van der Waals surface area contributed by atoms with Crippen molar-refractivity contribution in [1.82, 2.24) is 10.6 Å². The van der Waals surface area contributed by atoms with Crippen molar-refractivity contribution in [1.29, 1.82) is 0 Å². The molecule has 1 rings (SSSR count). The van der Waals surface area contributed by atoms with E-state index in [1.54, 1.807) is 18.2 Å². The Morgan fingerprint density at radius 1 is 0.818 bits per heavy atom. The topological polar surface area (TPSA) is 141 Å². The lowest BCUT2D eigenvalue weighted by Gasteiger charge is -2.16. The van der Waals surface area contributed by atoms with E-state index < -0.39 is 24.3 Å². The Balaban J connectivity index is 2.44. The fraction of sp³-hybridized carbons (Fsp3) is 0.652. The normalized spacial score (nSPS) is 13.0. The van der Waals surface area contributed by atoms with E-state index in [-0.39, 0.29) is 26.3 Å². The zero-order valence-corrected chi connectivity index (χ0v) is 20.3. The number of benzene rings is 1. The summed E-state index contributed by atoms with van der Waals surface area (Å²) in [4.78, 5) is 24.3. The average Bonchev–Trinajstić information content (AvgIpc) is 2.72. The van der Waals surface area contributed by atoms with Crippen molar-refractivity contribution in [3.63, 3.8) is 0 Å². The molecular formula is C23H40N4O6. The maximum absolute atomic E-state index is 12.2. The van der Waals surface area contributed by atoms with E-state index in [0.717, 1.165) is 5.56 Å². The molecule has 0 saturated heterocycles. The molecule has 0 radical (unpaired) electrons. The minimum absolute atomic E-state index is 0.0481. The Bertz CT molecular complexity index is 729. The van der Waals surface area contributed by atoms with E-state index in [1.807, 2.05) is 34.6 Å². The van der Waals surface area contributed by atoms with Crippen LogP contribution < -0.4 is 21.3 Å². The summed E-state index contributed by atoms with van der Waals surface area (Å²) in [6.07, 6.45) is -1.61. The highest BCUT2D eigenvalue weighted by Crippen LogP contribution is 2.20. The van der Waals surface area contributed by atoms with Crippen LogP contribution in [-0.4, -0.2) is 74.0 Å². The fourth-order valence-electron chi connectivity index (χ4n) is 2.59. The summed E-state index contributed by atoms with van der Waals surface area (Å²) in [6, 6.07) is 4.12. The number of ether oxygens (including phenoxy) is 2. The first-order valence-electron chi connectivity index (χ1n) is 11.3. The summed E-state index contributed by atoms with van der Waals surface area (Å²) in [5.74, 6) is 0.738. The van der Waals surface area contributed by atoms with Crippen molar-refractivity contribution in [2.75, 3.05) is 50.2 Å². The fourth-order valence-corrected chi connectivity index (χ4v) is 2.59. The van der Waals surface area contributed by atoms with Crippen LogP contribution in [0.1, 0.15) is 33.3 Å². The minimum Gasteiger partial charge on any atom is -0.389 e. The number of aliphatic hydroxyl groups excluding tert-OH is 2. The van der Waals surface area contributed by atoms with E-state index >= 15 is 0 Å². The predicted molar refractivity (Wildman–Crippen MR) is 129 cm³/mol. The first-order valence-corrected chi connectivity index (χ1v) is 11.3. The first kappa shape index (κ1) is 28.6. The highest BCUT2D eigenvalue weighted by atomic mass is 16.5. The molecule has 1 aromatic rings. The molecule has 0 saturated carbocycles. The molecule has 188 valence electrons. The Labute approximate surface area is 196 Å². The maximum atomic E-state index is 12.2. The van der Waals surface area contributed by atoms with Crippen LogP contribution in [0.5, 0.6) is 0 Å². The molecule has 0 aliphatic rings. The summed E-state index contributed by atoms with van der Waals surface area (Å²) < 4.78 is 10.7. The van der Waals surface area contributed by atoms with Gasteiger partial charge in [0.15, 0.2) is 0 Å². The van der Waals surface area contributed by atoms with Crippen LogP contribution in [0.2, 0.25) is 0 Å². The largest absolute Gasteiger partial charge is 0.389 e. The lowest BCUT2D eigenvalue weighted by atomic mass is 10.2. The maximum Gasteiger partial charge on any atom is 0.319 e. The lowest BCUT2D eigenvalue weighted by molar-refractivity contribution is 0.0274. The van der Waals surface area contributed by atoms with Crippen molar-refractivity contribution >= 4 is 23.4 Å². The first-order chi connectivity index (χ1) is 15.6. The number of nitrogens with one attached hydrogen (secondary N) is 4. The molecule has 6 N–H and O–H groups in total. The van der Waals surface area contributed by atoms with E-state index in [0.29, 0.717) is 36.4 Å². The highest BCUT2D eigenvalue weighted by Gasteiger charge is 2.11. The quantitative estimate of drug-likeness (QED) is 0.247. The second-order valence-electron chi connectivity index (χ2n) is 8.87. The molecule has 10 nitrogen and oxygen atoms in total. The van der Waals surface area contributed by atoms with Crippen LogP contribution in [-0.2, 0) is 9.47 Å². The zero-order chi connectivity index (χ0) is 24.8. The van der Waals surface area contributed by atoms with Crippen molar-refractivity contribution < 1.29 is 29.3 Å². The second-order valence-corrected chi connectivity index (χ2v) is 8.87. The van der Waals surface area contributed by atoms with E-state index in [2.05, 4.69) is 21.3 Å². The van der Waals surface area contributed by atoms with Crippen LogP contribution in [0.25, 0.3) is 0 Å².